The van der Waals surface area contributed by atoms with Crippen LogP contribution in [0.1, 0.15) is 96.2 Å². The Labute approximate surface area is 429 Å². The Morgan fingerprint density at radius 3 is 1.36 bits per heavy atom. The molecule has 4 heterocycles. The fourth-order valence-corrected chi connectivity index (χ4v) is 9.29. The average Bonchev–Trinajstić information content (AvgIpc) is 3.79. The van der Waals surface area contributed by atoms with Crippen LogP contribution in [0, 0.1) is 36.5 Å². The number of carbonyl (C=O) groups excluding carboxylic acids is 2. The topological polar surface area (TPSA) is 187 Å². The second kappa shape index (κ2) is 22.1. The first-order valence-electron chi connectivity index (χ1n) is 23.4. The fourth-order valence-electron chi connectivity index (χ4n) is 8.81. The number of rotatable bonds is 19. The highest BCUT2D eigenvalue weighted by atomic mass is 35.5. The summed E-state index contributed by atoms with van der Waals surface area (Å²) in [5, 5.41) is 26.5. The molecular formula is C56H54Cl2N6O8. The maximum atomic E-state index is 12.1. The van der Waals surface area contributed by atoms with Crippen LogP contribution in [0.5, 0.6) is 23.0 Å². The number of hydrogen-bond acceptors (Lipinski definition) is 14. The highest BCUT2D eigenvalue weighted by Gasteiger charge is 2.42. The zero-order valence-electron chi connectivity index (χ0n) is 40.9. The second-order valence-electron chi connectivity index (χ2n) is 18.9. The van der Waals surface area contributed by atoms with E-state index in [2.05, 4.69) is 58.7 Å². The number of nitrogens with one attached hydrogen (secondary N) is 2. The molecule has 72 heavy (non-hydrogen) atoms. The van der Waals surface area contributed by atoms with Crippen LogP contribution in [0.2, 0.25) is 10.0 Å². The highest BCUT2D eigenvalue weighted by Crippen LogP contribution is 2.38. The van der Waals surface area contributed by atoms with Crippen molar-refractivity contribution in [3.05, 3.63) is 163 Å². The number of carbonyl (C=O) groups is 2. The Bertz CT molecular complexity index is 2900. The molecule has 2 unspecified atom stereocenters. The molecule has 2 N–H and O–H groups in total. The minimum absolute atomic E-state index is 0.142. The summed E-state index contributed by atoms with van der Waals surface area (Å²) in [4.78, 5) is 32.6. The van der Waals surface area contributed by atoms with E-state index in [0.29, 0.717) is 57.3 Å². The summed E-state index contributed by atoms with van der Waals surface area (Å²) < 4.78 is 36.6. The number of esters is 2. The molecule has 2 aliphatic heterocycles. The summed E-state index contributed by atoms with van der Waals surface area (Å²) in [6.07, 6.45) is 6.77. The highest BCUT2D eigenvalue weighted by molar-refractivity contribution is 6.32. The molecule has 0 spiro atoms. The van der Waals surface area contributed by atoms with Gasteiger partial charge in [-0.15, -0.1) is 0 Å². The van der Waals surface area contributed by atoms with Crippen molar-refractivity contribution in [1.82, 2.24) is 20.6 Å². The zero-order valence-corrected chi connectivity index (χ0v) is 42.4. The number of hydrogen-bond donors (Lipinski definition) is 2. The number of aromatic nitrogens is 2. The predicted octanol–water partition coefficient (Wildman–Crippen LogP) is 10.5. The zero-order chi connectivity index (χ0) is 51.2. The maximum Gasteiger partial charge on any atom is 0.308 e. The number of pyridine rings is 2. The van der Waals surface area contributed by atoms with Gasteiger partial charge in [-0.25, -0.2) is 0 Å². The van der Waals surface area contributed by atoms with Crippen LogP contribution in [0.25, 0.3) is 11.1 Å². The Balaban J connectivity index is 0.989. The number of nitrogens with zero attached hydrogens (tertiary/aromatic N) is 4. The van der Waals surface area contributed by atoms with Crippen LogP contribution in [0.4, 0.5) is 0 Å². The second-order valence-corrected chi connectivity index (χ2v) is 19.7. The van der Waals surface area contributed by atoms with E-state index in [0.717, 1.165) is 55.6 Å². The van der Waals surface area contributed by atoms with Crippen molar-refractivity contribution in [3.63, 3.8) is 0 Å². The van der Waals surface area contributed by atoms with Crippen LogP contribution < -0.4 is 29.6 Å². The Morgan fingerprint density at radius 1 is 0.583 bits per heavy atom. The van der Waals surface area contributed by atoms with Crippen molar-refractivity contribution >= 4 is 35.1 Å². The Hall–Kier alpha value is -7.20. The lowest BCUT2D eigenvalue weighted by molar-refractivity contribution is -0.147. The van der Waals surface area contributed by atoms with Gasteiger partial charge in [0.15, 0.2) is 0 Å². The number of halogens is 2. The van der Waals surface area contributed by atoms with Crippen molar-refractivity contribution in [3.8, 4) is 46.3 Å². The van der Waals surface area contributed by atoms with Crippen LogP contribution in [0.3, 0.4) is 0 Å². The quantitative estimate of drug-likeness (QED) is 0.0730. The van der Waals surface area contributed by atoms with Gasteiger partial charge in [-0.05, 0) is 99.2 Å². The molecule has 0 saturated carbocycles. The standard InChI is InChI=1S/C56H54Cl2N6O8/c1-33-39(31-69-49-17-47(67-29-37-13-35(21-59)23-61-25-37)41(15-45(49)57)27-63-51-19-53(65)71-55(51,3)4)9-7-11-43(33)44-12-8-10-40(34(44)2)32-70-50-18-48(68-30-38-14-36(22-60)24-62-26-38)42(16-46(50)58)28-64-52-20-54(66)72-56(52,5)6/h7-18,23-26,51-52,63-64H,19-20,27-32H2,1-6H3. The summed E-state index contributed by atoms with van der Waals surface area (Å²) in [6.45, 7) is 13.0. The van der Waals surface area contributed by atoms with Gasteiger partial charge in [-0.3, -0.25) is 19.6 Å². The summed E-state index contributed by atoms with van der Waals surface area (Å²) in [5.41, 5.74) is 8.41. The smallest absolute Gasteiger partial charge is 0.308 e. The summed E-state index contributed by atoms with van der Waals surface area (Å²) >= 11 is 13.8. The van der Waals surface area contributed by atoms with E-state index in [9.17, 15) is 20.1 Å². The first-order chi connectivity index (χ1) is 34.5. The molecule has 2 aromatic heterocycles. The molecule has 0 radical (unpaired) electrons. The monoisotopic (exact) mass is 1010 g/mol. The summed E-state index contributed by atoms with van der Waals surface area (Å²) in [6, 6.07) is 26.6. The lowest BCUT2D eigenvalue weighted by atomic mass is 9.92. The molecule has 4 aromatic carbocycles. The van der Waals surface area contributed by atoms with E-state index in [-0.39, 0.29) is 63.3 Å². The molecule has 2 saturated heterocycles. The van der Waals surface area contributed by atoms with Crippen molar-refractivity contribution in [2.24, 2.45) is 0 Å². The van der Waals surface area contributed by atoms with Gasteiger partial charge in [0.2, 0.25) is 0 Å². The van der Waals surface area contributed by atoms with E-state index in [1.807, 2.05) is 52.0 Å². The Kier molecular flexibility index (Phi) is 15.7. The molecule has 2 fully saturated rings. The van der Waals surface area contributed by atoms with Gasteiger partial charge < -0.3 is 39.1 Å². The van der Waals surface area contributed by atoms with E-state index >= 15 is 0 Å². The molecule has 6 aromatic rings. The van der Waals surface area contributed by atoms with E-state index < -0.39 is 11.2 Å². The first-order valence-corrected chi connectivity index (χ1v) is 24.2. The third kappa shape index (κ3) is 12.1. The van der Waals surface area contributed by atoms with Gasteiger partial charge in [0, 0.05) is 72.3 Å². The van der Waals surface area contributed by atoms with Crippen molar-refractivity contribution in [2.75, 3.05) is 0 Å². The molecule has 0 amide bonds. The largest absolute Gasteiger partial charge is 0.488 e. The molecule has 8 rings (SSSR count). The SMILES string of the molecule is Cc1c(COc2cc(OCc3cncc(C#N)c3)c(CNC3CC(=O)OC3(C)C)cc2Cl)cccc1-c1cccc(COc2cc(OCc3cncc(C#N)c3)c(CNC3CC(=O)OC3(C)C)cc2Cl)c1C. The minimum Gasteiger partial charge on any atom is -0.488 e. The van der Waals surface area contributed by atoms with Crippen molar-refractivity contribution < 1.29 is 38.0 Å². The van der Waals surface area contributed by atoms with Crippen molar-refractivity contribution in [1.29, 1.82) is 10.5 Å². The van der Waals surface area contributed by atoms with Crippen LogP contribution >= 0.6 is 23.2 Å². The van der Waals surface area contributed by atoms with Crippen molar-refractivity contribution in [2.45, 2.75) is 117 Å². The van der Waals surface area contributed by atoms with Crippen LogP contribution in [-0.4, -0.2) is 45.2 Å². The lowest BCUT2D eigenvalue weighted by Gasteiger charge is -2.26. The van der Waals surface area contributed by atoms with Gasteiger partial charge in [0.1, 0.15) is 72.8 Å². The van der Waals surface area contributed by atoms with Crippen LogP contribution in [-0.2, 0) is 58.6 Å². The van der Waals surface area contributed by atoms with E-state index in [4.69, 9.17) is 51.6 Å². The number of ether oxygens (including phenoxy) is 6. The normalized spacial score (nSPS) is 16.6. The minimum atomic E-state index is -0.683. The first kappa shape index (κ1) is 51.2. The summed E-state index contributed by atoms with van der Waals surface area (Å²) in [7, 11) is 0. The number of cyclic esters (lactones) is 2. The summed E-state index contributed by atoms with van der Waals surface area (Å²) in [5.74, 6) is 1.35. The van der Waals surface area contributed by atoms with Gasteiger partial charge in [-0.2, -0.15) is 10.5 Å². The average molecular weight is 1010 g/mol. The number of benzene rings is 4. The third-order valence-electron chi connectivity index (χ3n) is 13.1. The Morgan fingerprint density at radius 2 is 0.986 bits per heavy atom. The van der Waals surface area contributed by atoms with Gasteiger partial charge in [-0.1, -0.05) is 59.6 Å². The van der Waals surface area contributed by atoms with Gasteiger partial charge >= 0.3 is 11.9 Å². The molecule has 2 atom stereocenters. The molecule has 2 aliphatic rings. The molecule has 14 nitrogen and oxygen atoms in total. The maximum absolute atomic E-state index is 12.1. The lowest BCUT2D eigenvalue weighted by Crippen LogP contribution is -2.42. The number of nitriles is 2. The van der Waals surface area contributed by atoms with Gasteiger partial charge in [0.05, 0.1) is 46.1 Å². The fraction of sp³-hybridized carbons (Fsp3) is 0.321. The van der Waals surface area contributed by atoms with Gasteiger partial charge in [0.25, 0.3) is 0 Å². The van der Waals surface area contributed by atoms with E-state index in [1.54, 1.807) is 48.8 Å². The molecule has 370 valence electrons. The third-order valence-corrected chi connectivity index (χ3v) is 13.7. The molecule has 0 aliphatic carbocycles. The molecule has 0 bridgehead atoms. The van der Waals surface area contributed by atoms with E-state index in [1.165, 1.54) is 12.4 Å². The van der Waals surface area contributed by atoms with Crippen LogP contribution in [0.15, 0.2) is 97.6 Å². The molecule has 16 heteroatoms. The molecular weight excluding hydrogens is 956 g/mol. The predicted molar refractivity (Wildman–Crippen MR) is 270 cm³/mol.